The van der Waals surface area contributed by atoms with Crippen molar-refractivity contribution in [2.45, 2.75) is 33.2 Å². The van der Waals surface area contributed by atoms with E-state index in [1.165, 1.54) is 11.1 Å². The van der Waals surface area contributed by atoms with Crippen LogP contribution in [0.1, 0.15) is 34.0 Å². The Balaban J connectivity index is 1.72. The Morgan fingerprint density at radius 3 is 2.50 bits per heavy atom. The van der Waals surface area contributed by atoms with Crippen molar-refractivity contribution in [1.29, 1.82) is 0 Å². The van der Waals surface area contributed by atoms with Gasteiger partial charge in [0.2, 0.25) is 5.91 Å². The van der Waals surface area contributed by atoms with Crippen LogP contribution in [0.2, 0.25) is 0 Å². The van der Waals surface area contributed by atoms with E-state index < -0.39 is 6.04 Å². The van der Waals surface area contributed by atoms with Crippen molar-refractivity contribution in [3.8, 4) is 0 Å². The monoisotopic (exact) mass is 368 g/mol. The molecule has 2 aromatic rings. The predicted molar refractivity (Wildman–Crippen MR) is 108 cm³/mol. The molecule has 26 heavy (non-hydrogen) atoms. The fraction of sp³-hybridized carbons (Fsp3) is 0.333. The molecule has 4 nitrogen and oxygen atoms in total. The zero-order chi connectivity index (χ0) is 18.7. The minimum atomic E-state index is -0.444. The molecular formula is C21H24N2O2S. The summed E-state index contributed by atoms with van der Waals surface area (Å²) >= 11 is 1.61. The number of amides is 2. The number of nitrogens with zero attached hydrogens (tertiary/aromatic N) is 1. The topological polar surface area (TPSA) is 49.4 Å². The van der Waals surface area contributed by atoms with Crippen molar-refractivity contribution in [2.24, 2.45) is 0 Å². The molecule has 1 aliphatic heterocycles. The molecule has 1 fully saturated rings. The number of hydrogen-bond acceptors (Lipinski definition) is 3. The standard InChI is InChI=1S/C21H24N2O2S/c1-4-16-6-8-17(9-7-16)21(25)23-13-26-12-19(23)20(24)22-18-10-5-14(2)15(3)11-18/h5-11,19H,4,12-13H2,1-3H3,(H,22,24). The molecule has 0 aromatic heterocycles. The highest BCUT2D eigenvalue weighted by Gasteiger charge is 2.35. The zero-order valence-electron chi connectivity index (χ0n) is 15.4. The zero-order valence-corrected chi connectivity index (χ0v) is 16.2. The summed E-state index contributed by atoms with van der Waals surface area (Å²) < 4.78 is 0. The Morgan fingerprint density at radius 1 is 1.12 bits per heavy atom. The molecule has 0 spiro atoms. The predicted octanol–water partition coefficient (Wildman–Crippen LogP) is 4.02. The second kappa shape index (κ2) is 7.96. The number of aryl methyl sites for hydroxylation is 3. The third kappa shape index (κ3) is 3.93. The second-order valence-electron chi connectivity index (χ2n) is 6.63. The summed E-state index contributed by atoms with van der Waals surface area (Å²) in [5.74, 6) is 0.948. The van der Waals surface area contributed by atoms with Gasteiger partial charge in [-0.1, -0.05) is 25.1 Å². The minimum Gasteiger partial charge on any atom is -0.324 e. The molecular weight excluding hydrogens is 344 g/mol. The van der Waals surface area contributed by atoms with Crippen molar-refractivity contribution < 1.29 is 9.59 Å². The van der Waals surface area contributed by atoms with Crippen molar-refractivity contribution in [2.75, 3.05) is 16.9 Å². The van der Waals surface area contributed by atoms with Gasteiger partial charge in [0, 0.05) is 17.0 Å². The van der Waals surface area contributed by atoms with Crippen molar-refractivity contribution in [3.05, 3.63) is 64.7 Å². The third-order valence-corrected chi connectivity index (χ3v) is 5.84. The summed E-state index contributed by atoms with van der Waals surface area (Å²) in [7, 11) is 0. The van der Waals surface area contributed by atoms with Crippen LogP contribution >= 0.6 is 11.8 Å². The average Bonchev–Trinajstić information content (AvgIpc) is 3.14. The fourth-order valence-electron chi connectivity index (χ4n) is 2.95. The van der Waals surface area contributed by atoms with Crippen LogP contribution < -0.4 is 5.32 Å². The van der Waals surface area contributed by atoms with E-state index in [4.69, 9.17) is 0 Å². The van der Waals surface area contributed by atoms with E-state index in [-0.39, 0.29) is 11.8 Å². The van der Waals surface area contributed by atoms with Crippen LogP contribution in [0.3, 0.4) is 0 Å². The number of thioether (sulfide) groups is 1. The van der Waals surface area contributed by atoms with Crippen LogP contribution in [0.25, 0.3) is 0 Å². The average molecular weight is 369 g/mol. The lowest BCUT2D eigenvalue weighted by Crippen LogP contribution is -2.44. The number of anilines is 1. The quantitative estimate of drug-likeness (QED) is 0.887. The van der Waals surface area contributed by atoms with Gasteiger partial charge in [0.15, 0.2) is 0 Å². The first-order valence-electron chi connectivity index (χ1n) is 8.85. The Bertz CT molecular complexity index is 817. The smallest absolute Gasteiger partial charge is 0.255 e. The van der Waals surface area contributed by atoms with E-state index in [1.54, 1.807) is 16.7 Å². The number of benzene rings is 2. The highest BCUT2D eigenvalue weighted by Crippen LogP contribution is 2.25. The number of carbonyl (C=O) groups excluding carboxylic acids is 2. The molecule has 0 bridgehead atoms. The van der Waals surface area contributed by atoms with E-state index in [0.717, 1.165) is 17.7 Å². The summed E-state index contributed by atoms with van der Waals surface area (Å²) in [6, 6.07) is 13.1. The maximum Gasteiger partial charge on any atom is 0.255 e. The van der Waals surface area contributed by atoms with E-state index in [2.05, 4.69) is 12.2 Å². The van der Waals surface area contributed by atoms with Gasteiger partial charge in [0.05, 0.1) is 5.88 Å². The third-order valence-electron chi connectivity index (χ3n) is 4.83. The highest BCUT2D eigenvalue weighted by atomic mass is 32.2. The molecule has 5 heteroatoms. The summed E-state index contributed by atoms with van der Waals surface area (Å²) in [4.78, 5) is 27.3. The molecule has 1 saturated heterocycles. The Labute approximate surface area is 159 Å². The first-order chi connectivity index (χ1) is 12.5. The fourth-order valence-corrected chi connectivity index (χ4v) is 4.11. The number of nitrogens with one attached hydrogen (secondary N) is 1. The van der Waals surface area contributed by atoms with Crippen LogP contribution in [-0.4, -0.2) is 34.4 Å². The van der Waals surface area contributed by atoms with Crippen molar-refractivity contribution >= 4 is 29.3 Å². The molecule has 1 N–H and O–H groups in total. The van der Waals surface area contributed by atoms with E-state index in [0.29, 0.717) is 17.2 Å². The molecule has 1 unspecified atom stereocenters. The first-order valence-corrected chi connectivity index (χ1v) is 10.0. The Kier molecular flexibility index (Phi) is 5.67. The van der Waals surface area contributed by atoms with Gasteiger partial charge in [0.1, 0.15) is 6.04 Å². The van der Waals surface area contributed by atoms with Gasteiger partial charge < -0.3 is 10.2 Å². The second-order valence-corrected chi connectivity index (χ2v) is 7.63. The van der Waals surface area contributed by atoms with Crippen molar-refractivity contribution in [1.82, 2.24) is 4.90 Å². The van der Waals surface area contributed by atoms with Gasteiger partial charge in [-0.15, -0.1) is 11.8 Å². The summed E-state index contributed by atoms with van der Waals surface area (Å²) in [6.07, 6.45) is 0.940. The lowest BCUT2D eigenvalue weighted by molar-refractivity contribution is -0.119. The van der Waals surface area contributed by atoms with E-state index in [9.17, 15) is 9.59 Å². The molecule has 1 atom stereocenters. The van der Waals surface area contributed by atoms with Crippen molar-refractivity contribution in [3.63, 3.8) is 0 Å². The van der Waals surface area contributed by atoms with Gasteiger partial charge in [0.25, 0.3) is 5.91 Å². The molecule has 1 aliphatic rings. The summed E-state index contributed by atoms with van der Waals surface area (Å²) in [6.45, 7) is 6.14. The molecule has 0 radical (unpaired) electrons. The van der Waals surface area contributed by atoms with Gasteiger partial charge in [-0.3, -0.25) is 9.59 Å². The van der Waals surface area contributed by atoms with Crippen LogP contribution in [0.4, 0.5) is 5.69 Å². The maximum absolute atomic E-state index is 12.8. The number of carbonyl (C=O) groups is 2. The molecule has 0 aliphatic carbocycles. The molecule has 2 amide bonds. The largest absolute Gasteiger partial charge is 0.324 e. The normalized spacial score (nSPS) is 16.6. The van der Waals surface area contributed by atoms with Gasteiger partial charge in [-0.25, -0.2) is 0 Å². The summed E-state index contributed by atoms with van der Waals surface area (Å²) in [5.41, 5.74) is 4.92. The highest BCUT2D eigenvalue weighted by molar-refractivity contribution is 7.99. The number of hydrogen-bond donors (Lipinski definition) is 1. The van der Waals surface area contributed by atoms with E-state index >= 15 is 0 Å². The van der Waals surface area contributed by atoms with Crippen LogP contribution in [0.15, 0.2) is 42.5 Å². The lowest BCUT2D eigenvalue weighted by atomic mass is 10.1. The minimum absolute atomic E-state index is 0.0853. The molecule has 1 heterocycles. The SMILES string of the molecule is CCc1ccc(C(=O)N2CSCC2C(=O)Nc2ccc(C)c(C)c2)cc1. The van der Waals surface area contributed by atoms with E-state index in [1.807, 2.05) is 56.3 Å². The molecule has 3 rings (SSSR count). The van der Waals surface area contributed by atoms with Gasteiger partial charge in [-0.05, 0) is 61.2 Å². The Morgan fingerprint density at radius 2 is 1.85 bits per heavy atom. The molecule has 136 valence electrons. The van der Waals surface area contributed by atoms with Gasteiger partial charge in [-0.2, -0.15) is 0 Å². The van der Waals surface area contributed by atoms with Gasteiger partial charge >= 0.3 is 0 Å². The van der Waals surface area contributed by atoms with Crippen LogP contribution in [-0.2, 0) is 11.2 Å². The molecule has 2 aromatic carbocycles. The number of rotatable bonds is 4. The maximum atomic E-state index is 12.8. The lowest BCUT2D eigenvalue weighted by Gasteiger charge is -2.23. The molecule has 0 saturated carbocycles. The van der Waals surface area contributed by atoms with Crippen LogP contribution in [0.5, 0.6) is 0 Å². The van der Waals surface area contributed by atoms with Crippen LogP contribution in [0, 0.1) is 13.8 Å². The first kappa shape index (κ1) is 18.5. The Hall–Kier alpha value is -2.27. The summed E-state index contributed by atoms with van der Waals surface area (Å²) in [5, 5.41) is 2.96.